The van der Waals surface area contributed by atoms with E-state index in [1.165, 1.54) is 0 Å². The molecule has 1 saturated heterocycles. The predicted octanol–water partition coefficient (Wildman–Crippen LogP) is 1.67. The number of carbonyl (C=O) groups is 2. The molecule has 0 radical (unpaired) electrons. The number of aryl methyl sites for hydroxylation is 1. The number of nitrogens with zero attached hydrogens (tertiary/aromatic N) is 5. The van der Waals surface area contributed by atoms with Crippen LogP contribution in [0.1, 0.15) is 30.0 Å². The topological polar surface area (TPSA) is 82.8 Å². The maximum absolute atomic E-state index is 12.8. The molecular formula is C20H27N5O3. The fraction of sp³-hybridized carbons (Fsp3) is 0.500. The van der Waals surface area contributed by atoms with E-state index in [1.54, 1.807) is 19.1 Å². The maximum Gasteiger partial charge on any atom is 0.257 e. The summed E-state index contributed by atoms with van der Waals surface area (Å²) in [6, 6.07) is 7.21. The van der Waals surface area contributed by atoms with Crippen molar-refractivity contribution in [3.63, 3.8) is 0 Å². The zero-order valence-corrected chi connectivity index (χ0v) is 16.7. The van der Waals surface area contributed by atoms with Gasteiger partial charge in [0.2, 0.25) is 5.91 Å². The number of hydrogen-bond donors (Lipinski definition) is 0. The van der Waals surface area contributed by atoms with Gasteiger partial charge in [0.15, 0.2) is 5.82 Å². The van der Waals surface area contributed by atoms with Crippen LogP contribution in [0.4, 0.5) is 0 Å². The Bertz CT molecular complexity index is 806. The Labute approximate surface area is 165 Å². The number of rotatable bonds is 6. The molecule has 28 heavy (non-hydrogen) atoms. The molecular weight excluding hydrogens is 358 g/mol. The number of amides is 2. The van der Waals surface area contributed by atoms with Crippen molar-refractivity contribution in [1.82, 2.24) is 24.8 Å². The van der Waals surface area contributed by atoms with Crippen LogP contribution in [-0.2, 0) is 4.79 Å². The summed E-state index contributed by atoms with van der Waals surface area (Å²) in [5, 5.41) is 3.78. The van der Waals surface area contributed by atoms with E-state index in [0.29, 0.717) is 50.0 Å². The molecule has 1 aliphatic heterocycles. The van der Waals surface area contributed by atoms with E-state index in [9.17, 15) is 9.59 Å². The first kappa shape index (κ1) is 20.0. The second-order valence-electron chi connectivity index (χ2n) is 6.86. The van der Waals surface area contributed by atoms with Gasteiger partial charge in [-0.2, -0.15) is 4.98 Å². The average Bonchev–Trinajstić information content (AvgIpc) is 3.15. The SMILES string of the molecule is CCN(CC)C(=O)CN1CCN(C(=O)c2ccc(-c3nc(C)no3)cc2)CC1. The Balaban J connectivity index is 1.54. The molecule has 0 bridgehead atoms. The van der Waals surface area contributed by atoms with E-state index < -0.39 is 0 Å². The Hall–Kier alpha value is -2.74. The van der Waals surface area contributed by atoms with E-state index in [-0.39, 0.29) is 11.8 Å². The van der Waals surface area contributed by atoms with E-state index >= 15 is 0 Å². The number of carbonyl (C=O) groups excluding carboxylic acids is 2. The highest BCUT2D eigenvalue weighted by atomic mass is 16.5. The van der Waals surface area contributed by atoms with Crippen molar-refractivity contribution in [3.8, 4) is 11.5 Å². The van der Waals surface area contributed by atoms with Gasteiger partial charge in [0, 0.05) is 50.4 Å². The summed E-state index contributed by atoms with van der Waals surface area (Å²) in [6.07, 6.45) is 0. The first-order valence-electron chi connectivity index (χ1n) is 9.72. The van der Waals surface area contributed by atoms with E-state index in [2.05, 4.69) is 15.0 Å². The van der Waals surface area contributed by atoms with Gasteiger partial charge in [-0.15, -0.1) is 0 Å². The third-order valence-corrected chi connectivity index (χ3v) is 5.04. The second kappa shape index (κ2) is 8.97. The number of hydrogen-bond acceptors (Lipinski definition) is 6. The van der Waals surface area contributed by atoms with Crippen molar-refractivity contribution in [2.45, 2.75) is 20.8 Å². The van der Waals surface area contributed by atoms with Crippen molar-refractivity contribution in [2.24, 2.45) is 0 Å². The minimum Gasteiger partial charge on any atom is -0.342 e. The van der Waals surface area contributed by atoms with Gasteiger partial charge in [-0.1, -0.05) is 5.16 Å². The number of piperazine rings is 1. The molecule has 2 heterocycles. The molecule has 0 spiro atoms. The summed E-state index contributed by atoms with van der Waals surface area (Å²) in [5.41, 5.74) is 1.42. The highest BCUT2D eigenvalue weighted by Gasteiger charge is 2.24. The highest BCUT2D eigenvalue weighted by molar-refractivity contribution is 5.94. The summed E-state index contributed by atoms with van der Waals surface area (Å²) in [5.74, 6) is 1.18. The maximum atomic E-state index is 12.8. The molecule has 8 heteroatoms. The van der Waals surface area contributed by atoms with E-state index in [0.717, 1.165) is 18.7 Å². The van der Waals surface area contributed by atoms with Gasteiger partial charge in [0.25, 0.3) is 11.8 Å². The van der Waals surface area contributed by atoms with E-state index in [1.807, 2.05) is 35.8 Å². The van der Waals surface area contributed by atoms with Crippen LogP contribution in [0.2, 0.25) is 0 Å². The van der Waals surface area contributed by atoms with Crippen LogP contribution >= 0.6 is 0 Å². The lowest BCUT2D eigenvalue weighted by Crippen LogP contribution is -2.51. The van der Waals surface area contributed by atoms with E-state index in [4.69, 9.17) is 4.52 Å². The first-order valence-corrected chi connectivity index (χ1v) is 9.72. The zero-order chi connectivity index (χ0) is 20.1. The van der Waals surface area contributed by atoms with Crippen LogP contribution in [-0.4, -0.2) is 82.5 Å². The van der Waals surface area contributed by atoms with Gasteiger partial charge in [0.05, 0.1) is 6.54 Å². The van der Waals surface area contributed by atoms with Crippen LogP contribution in [0.25, 0.3) is 11.5 Å². The third kappa shape index (κ3) is 4.56. The summed E-state index contributed by atoms with van der Waals surface area (Å²) in [4.78, 5) is 35.0. The molecule has 0 unspecified atom stereocenters. The largest absolute Gasteiger partial charge is 0.342 e. The molecule has 3 rings (SSSR count). The molecule has 0 aliphatic carbocycles. The molecule has 2 amide bonds. The average molecular weight is 385 g/mol. The molecule has 1 aromatic heterocycles. The first-order chi connectivity index (χ1) is 13.5. The Morgan fingerprint density at radius 2 is 1.71 bits per heavy atom. The van der Waals surface area contributed by atoms with Gasteiger partial charge in [0.1, 0.15) is 0 Å². The van der Waals surface area contributed by atoms with Crippen LogP contribution < -0.4 is 0 Å². The Morgan fingerprint density at radius 1 is 1.07 bits per heavy atom. The number of benzene rings is 1. The fourth-order valence-corrected chi connectivity index (χ4v) is 3.33. The summed E-state index contributed by atoms with van der Waals surface area (Å²) < 4.78 is 5.15. The fourth-order valence-electron chi connectivity index (χ4n) is 3.33. The minimum atomic E-state index is 0.00276. The standard InChI is InChI=1S/C20H27N5O3/c1-4-24(5-2)18(26)14-23-10-12-25(13-11-23)20(27)17-8-6-16(7-9-17)19-21-15(3)22-28-19/h6-9H,4-5,10-14H2,1-3H3. The normalized spacial score (nSPS) is 14.9. The van der Waals surface area contributed by atoms with Gasteiger partial charge >= 0.3 is 0 Å². The molecule has 1 aliphatic rings. The lowest BCUT2D eigenvalue weighted by Gasteiger charge is -2.35. The van der Waals surface area contributed by atoms with Crippen molar-refractivity contribution >= 4 is 11.8 Å². The van der Waals surface area contributed by atoms with Gasteiger partial charge in [-0.25, -0.2) is 0 Å². The summed E-state index contributed by atoms with van der Waals surface area (Å²) in [7, 11) is 0. The Morgan fingerprint density at radius 3 is 2.25 bits per heavy atom. The van der Waals surface area contributed by atoms with Crippen molar-refractivity contribution in [1.29, 1.82) is 0 Å². The molecule has 2 aromatic rings. The van der Waals surface area contributed by atoms with Crippen molar-refractivity contribution in [2.75, 3.05) is 45.8 Å². The lowest BCUT2D eigenvalue weighted by atomic mass is 10.1. The third-order valence-electron chi connectivity index (χ3n) is 5.04. The predicted molar refractivity (Wildman–Crippen MR) is 105 cm³/mol. The van der Waals surface area contributed by atoms with Gasteiger partial charge in [-0.3, -0.25) is 14.5 Å². The van der Waals surface area contributed by atoms with Crippen LogP contribution in [0, 0.1) is 6.92 Å². The Kier molecular flexibility index (Phi) is 6.41. The summed E-state index contributed by atoms with van der Waals surface area (Å²) in [6.45, 7) is 10.3. The van der Waals surface area contributed by atoms with Gasteiger partial charge < -0.3 is 14.3 Å². The number of aromatic nitrogens is 2. The molecule has 0 saturated carbocycles. The minimum absolute atomic E-state index is 0.00276. The molecule has 8 nitrogen and oxygen atoms in total. The highest BCUT2D eigenvalue weighted by Crippen LogP contribution is 2.18. The van der Waals surface area contributed by atoms with Gasteiger partial charge in [-0.05, 0) is 45.0 Å². The lowest BCUT2D eigenvalue weighted by molar-refractivity contribution is -0.132. The van der Waals surface area contributed by atoms with Crippen molar-refractivity contribution < 1.29 is 14.1 Å². The van der Waals surface area contributed by atoms with Crippen LogP contribution in [0.5, 0.6) is 0 Å². The summed E-state index contributed by atoms with van der Waals surface area (Å²) >= 11 is 0. The molecule has 0 atom stereocenters. The molecule has 0 N–H and O–H groups in total. The van der Waals surface area contributed by atoms with Crippen LogP contribution in [0.3, 0.4) is 0 Å². The van der Waals surface area contributed by atoms with Crippen molar-refractivity contribution in [3.05, 3.63) is 35.7 Å². The smallest absolute Gasteiger partial charge is 0.257 e. The molecule has 1 fully saturated rings. The zero-order valence-electron chi connectivity index (χ0n) is 16.7. The second-order valence-corrected chi connectivity index (χ2v) is 6.86. The number of likely N-dealkylation sites (N-methyl/N-ethyl adjacent to an activating group) is 1. The monoisotopic (exact) mass is 385 g/mol. The molecule has 150 valence electrons. The molecule has 1 aromatic carbocycles. The van der Waals surface area contributed by atoms with Crippen LogP contribution in [0.15, 0.2) is 28.8 Å². The quantitative estimate of drug-likeness (QED) is 0.752.